The molecule has 68 valence electrons. The summed E-state index contributed by atoms with van der Waals surface area (Å²) in [6, 6.07) is 2.67. The van der Waals surface area contributed by atoms with Gasteiger partial charge in [-0.15, -0.1) is 0 Å². The highest BCUT2D eigenvalue weighted by atomic mass is 19.1. The van der Waals surface area contributed by atoms with Crippen LogP contribution in [0.2, 0.25) is 0 Å². The lowest BCUT2D eigenvalue weighted by atomic mass is 9.90. The molecule has 0 fully saturated rings. The molecule has 0 bridgehead atoms. The summed E-state index contributed by atoms with van der Waals surface area (Å²) in [7, 11) is 0. The van der Waals surface area contributed by atoms with Crippen molar-refractivity contribution in [2.75, 3.05) is 0 Å². The minimum absolute atomic E-state index is 0.137. The van der Waals surface area contributed by atoms with E-state index >= 15 is 0 Å². The standard InChI is InChI=1S/C10H9FO2/c11-9-4-7-3-8(12)2-1-6(7)5-10(9)13/h4-5,13H,1-3H2. The number of hydrogen-bond donors (Lipinski definition) is 1. The van der Waals surface area contributed by atoms with Gasteiger partial charge in [0.15, 0.2) is 11.6 Å². The zero-order chi connectivity index (χ0) is 9.42. The molecule has 1 N–H and O–H groups in total. The number of benzene rings is 1. The SMILES string of the molecule is O=C1CCc2cc(O)c(F)cc2C1. The Bertz CT molecular complexity index is 371. The van der Waals surface area contributed by atoms with Crippen LogP contribution in [-0.4, -0.2) is 10.9 Å². The van der Waals surface area contributed by atoms with E-state index in [0.717, 1.165) is 5.56 Å². The molecular weight excluding hydrogens is 171 g/mol. The van der Waals surface area contributed by atoms with E-state index in [9.17, 15) is 9.18 Å². The van der Waals surface area contributed by atoms with Gasteiger partial charge in [-0.25, -0.2) is 4.39 Å². The van der Waals surface area contributed by atoms with Crippen LogP contribution in [0.1, 0.15) is 17.5 Å². The molecule has 0 spiro atoms. The molecule has 2 nitrogen and oxygen atoms in total. The molecule has 1 aromatic rings. The number of phenols is 1. The van der Waals surface area contributed by atoms with E-state index in [2.05, 4.69) is 0 Å². The Morgan fingerprint density at radius 3 is 2.77 bits per heavy atom. The number of halogens is 1. The molecule has 0 amide bonds. The Hall–Kier alpha value is -1.38. The van der Waals surface area contributed by atoms with E-state index in [0.29, 0.717) is 24.8 Å². The molecule has 0 saturated heterocycles. The lowest BCUT2D eigenvalue weighted by Crippen LogP contribution is -2.13. The molecule has 1 aromatic carbocycles. The first-order chi connectivity index (χ1) is 6.16. The van der Waals surface area contributed by atoms with Gasteiger partial charge in [0.1, 0.15) is 5.78 Å². The Labute approximate surface area is 75.0 Å². The van der Waals surface area contributed by atoms with E-state index in [4.69, 9.17) is 5.11 Å². The van der Waals surface area contributed by atoms with E-state index in [1.165, 1.54) is 12.1 Å². The smallest absolute Gasteiger partial charge is 0.165 e. The Kier molecular flexibility index (Phi) is 1.79. The fraction of sp³-hybridized carbons (Fsp3) is 0.300. The number of fused-ring (bicyclic) bond motifs is 1. The lowest BCUT2D eigenvalue weighted by molar-refractivity contribution is -0.118. The summed E-state index contributed by atoms with van der Waals surface area (Å²) in [6.07, 6.45) is 1.41. The van der Waals surface area contributed by atoms with Crippen LogP contribution < -0.4 is 0 Å². The molecule has 0 aliphatic heterocycles. The monoisotopic (exact) mass is 180 g/mol. The van der Waals surface area contributed by atoms with E-state index < -0.39 is 5.82 Å². The van der Waals surface area contributed by atoms with Crippen LogP contribution in [0.15, 0.2) is 12.1 Å². The highest BCUT2D eigenvalue weighted by molar-refractivity contribution is 5.83. The number of phenolic OH excluding ortho intramolecular Hbond substituents is 1. The van der Waals surface area contributed by atoms with Crippen molar-refractivity contribution in [3.8, 4) is 5.75 Å². The van der Waals surface area contributed by atoms with Crippen molar-refractivity contribution in [1.29, 1.82) is 0 Å². The Morgan fingerprint density at radius 1 is 1.23 bits per heavy atom. The highest BCUT2D eigenvalue weighted by Crippen LogP contribution is 2.25. The van der Waals surface area contributed by atoms with Crippen molar-refractivity contribution >= 4 is 5.78 Å². The van der Waals surface area contributed by atoms with Crippen LogP contribution in [0.4, 0.5) is 4.39 Å². The first kappa shape index (κ1) is 8.23. The van der Waals surface area contributed by atoms with Gasteiger partial charge in [0, 0.05) is 12.8 Å². The van der Waals surface area contributed by atoms with Crippen LogP contribution in [0.5, 0.6) is 5.75 Å². The predicted octanol–water partition coefficient (Wildman–Crippen LogP) is 1.59. The van der Waals surface area contributed by atoms with Gasteiger partial charge in [0.2, 0.25) is 0 Å². The van der Waals surface area contributed by atoms with E-state index in [1.807, 2.05) is 0 Å². The fourth-order valence-corrected chi connectivity index (χ4v) is 1.62. The zero-order valence-electron chi connectivity index (χ0n) is 7.01. The minimum Gasteiger partial charge on any atom is -0.505 e. The summed E-state index contributed by atoms with van der Waals surface area (Å²) >= 11 is 0. The van der Waals surface area contributed by atoms with Crippen molar-refractivity contribution in [3.63, 3.8) is 0 Å². The van der Waals surface area contributed by atoms with E-state index in [-0.39, 0.29) is 11.5 Å². The van der Waals surface area contributed by atoms with E-state index in [1.54, 1.807) is 0 Å². The summed E-state index contributed by atoms with van der Waals surface area (Å²) in [5.41, 5.74) is 1.60. The quantitative estimate of drug-likeness (QED) is 0.658. The lowest BCUT2D eigenvalue weighted by Gasteiger charge is -2.14. The van der Waals surface area contributed by atoms with Crippen LogP contribution in [-0.2, 0) is 17.6 Å². The van der Waals surface area contributed by atoms with Crippen molar-refractivity contribution in [3.05, 3.63) is 29.1 Å². The Morgan fingerprint density at radius 2 is 2.00 bits per heavy atom. The fourth-order valence-electron chi connectivity index (χ4n) is 1.62. The second-order valence-corrected chi connectivity index (χ2v) is 3.29. The molecule has 0 atom stereocenters. The van der Waals surface area contributed by atoms with Crippen molar-refractivity contribution < 1.29 is 14.3 Å². The third-order valence-electron chi connectivity index (χ3n) is 2.33. The Balaban J connectivity index is 2.49. The summed E-state index contributed by atoms with van der Waals surface area (Å²) in [5.74, 6) is -0.834. The van der Waals surface area contributed by atoms with Gasteiger partial charge in [0.05, 0.1) is 0 Å². The maximum atomic E-state index is 12.9. The summed E-state index contributed by atoms with van der Waals surface area (Å²) in [4.78, 5) is 11.0. The van der Waals surface area contributed by atoms with Crippen molar-refractivity contribution in [2.45, 2.75) is 19.3 Å². The number of rotatable bonds is 0. The van der Waals surface area contributed by atoms with Gasteiger partial charge in [0.25, 0.3) is 0 Å². The summed E-state index contributed by atoms with van der Waals surface area (Å²) < 4.78 is 12.9. The zero-order valence-corrected chi connectivity index (χ0v) is 7.01. The molecule has 13 heavy (non-hydrogen) atoms. The molecule has 3 heteroatoms. The molecular formula is C10H9FO2. The topological polar surface area (TPSA) is 37.3 Å². The minimum atomic E-state index is -0.645. The molecule has 0 heterocycles. The second-order valence-electron chi connectivity index (χ2n) is 3.29. The van der Waals surface area contributed by atoms with Gasteiger partial charge in [-0.05, 0) is 29.7 Å². The number of ketones is 1. The molecule has 1 aliphatic rings. The third kappa shape index (κ3) is 1.41. The second kappa shape index (κ2) is 2.83. The first-order valence-electron chi connectivity index (χ1n) is 4.19. The third-order valence-corrected chi connectivity index (χ3v) is 2.33. The predicted molar refractivity (Wildman–Crippen MR) is 45.1 cm³/mol. The van der Waals surface area contributed by atoms with Crippen LogP contribution in [0, 0.1) is 5.82 Å². The number of aryl methyl sites for hydroxylation is 1. The van der Waals surface area contributed by atoms with Crippen LogP contribution in [0.3, 0.4) is 0 Å². The first-order valence-corrected chi connectivity index (χ1v) is 4.19. The molecule has 0 radical (unpaired) electrons. The van der Waals surface area contributed by atoms with Crippen molar-refractivity contribution in [1.82, 2.24) is 0 Å². The largest absolute Gasteiger partial charge is 0.505 e. The molecule has 1 aliphatic carbocycles. The maximum Gasteiger partial charge on any atom is 0.165 e. The molecule has 0 unspecified atom stereocenters. The van der Waals surface area contributed by atoms with Gasteiger partial charge < -0.3 is 5.11 Å². The van der Waals surface area contributed by atoms with Crippen LogP contribution >= 0.6 is 0 Å². The summed E-state index contributed by atoms with van der Waals surface area (Å²) in [6.45, 7) is 0. The molecule has 0 saturated carbocycles. The van der Waals surface area contributed by atoms with Gasteiger partial charge in [-0.3, -0.25) is 4.79 Å². The van der Waals surface area contributed by atoms with Crippen molar-refractivity contribution in [2.24, 2.45) is 0 Å². The average Bonchev–Trinajstić information content (AvgIpc) is 2.08. The number of aromatic hydroxyl groups is 1. The number of Topliss-reactive ketones (excluding diaryl/α,β-unsaturated/α-hetero) is 1. The number of carbonyl (C=O) groups is 1. The van der Waals surface area contributed by atoms with Crippen LogP contribution in [0.25, 0.3) is 0 Å². The highest BCUT2D eigenvalue weighted by Gasteiger charge is 2.17. The van der Waals surface area contributed by atoms with Gasteiger partial charge in [-0.2, -0.15) is 0 Å². The maximum absolute atomic E-state index is 12.9. The van der Waals surface area contributed by atoms with Gasteiger partial charge in [-0.1, -0.05) is 0 Å². The average molecular weight is 180 g/mol. The number of hydrogen-bond acceptors (Lipinski definition) is 2. The number of carbonyl (C=O) groups excluding carboxylic acids is 1. The molecule has 2 rings (SSSR count). The summed E-state index contributed by atoms with van der Waals surface area (Å²) in [5, 5.41) is 9.08. The normalized spacial score (nSPS) is 15.6. The molecule has 0 aromatic heterocycles. The van der Waals surface area contributed by atoms with Gasteiger partial charge >= 0.3 is 0 Å².